The molecule has 41 heavy (non-hydrogen) atoms. The second-order valence-corrected chi connectivity index (χ2v) is 16.7. The van der Waals surface area contributed by atoms with E-state index in [-0.39, 0.29) is 6.10 Å². The van der Waals surface area contributed by atoms with Crippen LogP contribution in [-0.4, -0.2) is 18.5 Å². The number of benzene rings is 1. The lowest BCUT2D eigenvalue weighted by molar-refractivity contribution is -0.489. The Labute approximate surface area is 258 Å². The van der Waals surface area contributed by atoms with Gasteiger partial charge in [-0.2, -0.15) is 0 Å². The second kappa shape index (κ2) is 11.7. The molecule has 4 saturated carbocycles. The Morgan fingerprint density at radius 1 is 0.927 bits per heavy atom. The summed E-state index contributed by atoms with van der Waals surface area (Å²) < 4.78 is 7.63. The summed E-state index contributed by atoms with van der Waals surface area (Å²) in [5, 5.41) is 0. The number of hydrogen-bond donors (Lipinski definition) is 0. The molecule has 1 aliphatic heterocycles. The molecule has 1 heterocycles. The van der Waals surface area contributed by atoms with Gasteiger partial charge in [-0.15, -0.1) is 0 Å². The summed E-state index contributed by atoms with van der Waals surface area (Å²) in [7, 11) is 0. The van der Waals surface area contributed by atoms with Crippen molar-refractivity contribution in [3.8, 4) is 0 Å². The van der Waals surface area contributed by atoms with Crippen LogP contribution in [-0.2, 0) is 14.5 Å². The van der Waals surface area contributed by atoms with Gasteiger partial charge in [0.15, 0.2) is 0 Å². The molecule has 10 atom stereocenters. The van der Waals surface area contributed by atoms with Crippen molar-refractivity contribution in [2.75, 3.05) is 6.61 Å². The summed E-state index contributed by atoms with van der Waals surface area (Å²) in [6, 6.07) is 8.22. The van der Waals surface area contributed by atoms with Crippen molar-refractivity contribution in [2.45, 2.75) is 124 Å². The van der Waals surface area contributed by atoms with Crippen LogP contribution >= 0.6 is 15.9 Å². The Balaban J connectivity index is 1.08. The highest BCUT2D eigenvalue weighted by atomic mass is 79.9. The summed E-state index contributed by atoms with van der Waals surface area (Å²) >= 11 is 3.52. The fourth-order valence-corrected chi connectivity index (χ4v) is 11.1. The first kappa shape index (κ1) is 30.4. The Bertz CT molecular complexity index is 1070. The Kier molecular flexibility index (Phi) is 8.64. The van der Waals surface area contributed by atoms with Gasteiger partial charge in [-0.25, -0.2) is 9.78 Å². The van der Waals surface area contributed by atoms with Crippen molar-refractivity contribution in [1.82, 2.24) is 0 Å². The second-order valence-electron chi connectivity index (χ2n) is 15.8. The maximum absolute atomic E-state index is 6.57. The molecule has 4 aliphatic carbocycles. The Morgan fingerprint density at radius 3 is 2.39 bits per heavy atom. The highest BCUT2D eigenvalue weighted by Crippen LogP contribution is 2.69. The van der Waals surface area contributed by atoms with Gasteiger partial charge in [-0.3, -0.25) is 0 Å². The molecule has 0 bridgehead atoms. The van der Waals surface area contributed by atoms with Gasteiger partial charge < -0.3 is 4.74 Å². The first-order chi connectivity index (χ1) is 19.5. The normalized spacial score (nSPS) is 42.9. The van der Waals surface area contributed by atoms with E-state index in [1.54, 1.807) is 0 Å². The lowest BCUT2D eigenvalue weighted by Gasteiger charge is -2.62. The molecule has 0 aromatic heterocycles. The van der Waals surface area contributed by atoms with Crippen LogP contribution in [0.3, 0.4) is 0 Å². The Hall–Kier alpha value is -0.680. The minimum atomic E-state index is -0.583. The summed E-state index contributed by atoms with van der Waals surface area (Å²) in [5.74, 6) is 5.44. The van der Waals surface area contributed by atoms with Crippen LogP contribution in [0.4, 0.5) is 0 Å². The molecule has 1 saturated heterocycles. The van der Waals surface area contributed by atoms with Gasteiger partial charge in [-0.05, 0) is 120 Å². The van der Waals surface area contributed by atoms with E-state index in [4.69, 9.17) is 14.5 Å². The quantitative estimate of drug-likeness (QED) is 0.282. The first-order valence-corrected chi connectivity index (χ1v) is 17.8. The third-order valence-corrected chi connectivity index (χ3v) is 13.8. The zero-order valence-electron chi connectivity index (χ0n) is 26.4. The van der Waals surface area contributed by atoms with Crippen molar-refractivity contribution in [3.05, 3.63) is 40.9 Å². The molecule has 228 valence electrons. The number of ether oxygens (including phenoxy) is 1. The van der Waals surface area contributed by atoms with Crippen LogP contribution in [0.15, 0.2) is 35.3 Å². The molecule has 0 amide bonds. The molecular formula is C37H55BrO3. The van der Waals surface area contributed by atoms with Crippen molar-refractivity contribution < 1.29 is 14.5 Å². The monoisotopic (exact) mass is 626 g/mol. The maximum atomic E-state index is 6.57. The molecule has 0 N–H and O–H groups in total. The van der Waals surface area contributed by atoms with Crippen LogP contribution in [0.2, 0.25) is 0 Å². The van der Waals surface area contributed by atoms with Crippen LogP contribution < -0.4 is 0 Å². The van der Waals surface area contributed by atoms with Gasteiger partial charge in [0.05, 0.1) is 6.61 Å². The highest BCUT2D eigenvalue weighted by molar-refractivity contribution is 9.10. The Morgan fingerprint density at radius 2 is 1.68 bits per heavy atom. The third-order valence-electron chi connectivity index (χ3n) is 13.3. The fourth-order valence-electron chi connectivity index (χ4n) is 10.9. The fraction of sp³-hybridized carbons (Fsp3) is 0.784. The molecular weight excluding hydrogens is 572 g/mol. The van der Waals surface area contributed by atoms with E-state index in [2.05, 4.69) is 69.3 Å². The van der Waals surface area contributed by atoms with E-state index in [9.17, 15) is 0 Å². The van der Waals surface area contributed by atoms with E-state index in [0.717, 1.165) is 64.0 Å². The van der Waals surface area contributed by atoms with Gasteiger partial charge in [0, 0.05) is 17.3 Å². The topological polar surface area (TPSA) is 27.7 Å². The largest absolute Gasteiger partial charge is 0.344 e. The average Bonchev–Trinajstić information content (AvgIpc) is 3.31. The van der Waals surface area contributed by atoms with Crippen LogP contribution in [0.5, 0.6) is 0 Å². The number of hydrogen-bond acceptors (Lipinski definition) is 3. The van der Waals surface area contributed by atoms with E-state index in [1.807, 2.05) is 12.1 Å². The van der Waals surface area contributed by atoms with Crippen LogP contribution in [0.1, 0.15) is 117 Å². The zero-order valence-corrected chi connectivity index (χ0v) is 28.0. The van der Waals surface area contributed by atoms with E-state index >= 15 is 0 Å². The van der Waals surface area contributed by atoms with Crippen molar-refractivity contribution in [3.63, 3.8) is 0 Å². The minimum Gasteiger partial charge on any atom is -0.344 e. The van der Waals surface area contributed by atoms with Gasteiger partial charge in [-0.1, -0.05) is 88.5 Å². The molecule has 5 fully saturated rings. The SMILES string of the molecule is C=C(c1ccc(Br)cc1)C1COC2(CC[C@@]3(C)C(CC[C@H]4[C@@H]5CC[C@H]([C@H](C)CCCC(C)C)[C@@]5(C)CC[C@@H]43)C2)OO1. The molecule has 0 radical (unpaired) electrons. The number of halogens is 1. The smallest absolute Gasteiger partial charge is 0.202 e. The standard InChI is InChI=1S/C37H55BrO3/c1-24(2)8-7-9-25(3)31-16-17-32-30-15-12-28-22-37(21-20-35(28,5)33(30)18-19-36(31,32)6)39-23-34(40-41-37)26(4)27-10-13-29(38)14-11-27/h10-11,13-14,24-25,28,30-34H,4,7-9,12,15-23H2,1-3,5-6H3/t25-,28?,30+,31-,32+,33+,34?,35+,36-,37?/m1/s1. The van der Waals surface area contributed by atoms with Gasteiger partial charge in [0.1, 0.15) is 6.10 Å². The van der Waals surface area contributed by atoms with Gasteiger partial charge in [0.25, 0.3) is 0 Å². The van der Waals surface area contributed by atoms with E-state index < -0.39 is 5.79 Å². The lowest BCUT2D eigenvalue weighted by Crippen LogP contribution is -2.58. The molecule has 3 unspecified atom stereocenters. The van der Waals surface area contributed by atoms with Gasteiger partial charge in [0.2, 0.25) is 5.79 Å². The number of rotatable bonds is 7. The molecule has 3 nitrogen and oxygen atoms in total. The number of fused-ring (bicyclic) bond motifs is 5. The minimum absolute atomic E-state index is 0.259. The molecule has 1 aromatic rings. The van der Waals surface area contributed by atoms with Crippen molar-refractivity contribution in [1.29, 1.82) is 0 Å². The highest BCUT2D eigenvalue weighted by Gasteiger charge is 2.62. The summed E-state index contributed by atoms with van der Waals surface area (Å²) in [5.41, 5.74) is 2.95. The molecule has 1 aromatic carbocycles. The van der Waals surface area contributed by atoms with Crippen molar-refractivity contribution >= 4 is 21.5 Å². The van der Waals surface area contributed by atoms with Crippen molar-refractivity contribution in [2.24, 2.45) is 52.3 Å². The predicted molar refractivity (Wildman–Crippen MR) is 171 cm³/mol. The summed E-state index contributed by atoms with van der Waals surface area (Å²) in [4.78, 5) is 12.2. The van der Waals surface area contributed by atoms with Gasteiger partial charge >= 0.3 is 0 Å². The van der Waals surface area contributed by atoms with Crippen LogP contribution in [0, 0.1) is 52.3 Å². The average molecular weight is 628 g/mol. The van der Waals surface area contributed by atoms with E-state index in [0.29, 0.717) is 23.4 Å². The predicted octanol–water partition coefficient (Wildman–Crippen LogP) is 10.6. The molecule has 1 spiro atoms. The van der Waals surface area contributed by atoms with Crippen LogP contribution in [0.25, 0.3) is 5.57 Å². The maximum Gasteiger partial charge on any atom is 0.202 e. The lowest BCUT2D eigenvalue weighted by atomic mass is 9.44. The zero-order chi connectivity index (χ0) is 29.0. The molecule has 5 aliphatic rings. The molecule has 4 heteroatoms. The van der Waals surface area contributed by atoms with E-state index in [1.165, 1.54) is 64.2 Å². The molecule has 6 rings (SSSR count). The third kappa shape index (κ3) is 5.55. The summed E-state index contributed by atoms with van der Waals surface area (Å²) in [6.45, 7) is 17.5. The summed E-state index contributed by atoms with van der Waals surface area (Å²) in [6.07, 6.45) is 15.6. The first-order valence-electron chi connectivity index (χ1n) is 17.0.